The molecule has 0 saturated heterocycles. The van der Waals surface area contributed by atoms with Crippen molar-refractivity contribution in [2.75, 3.05) is 5.32 Å². The van der Waals surface area contributed by atoms with Gasteiger partial charge in [0.15, 0.2) is 0 Å². The number of fused-ring (bicyclic) bond motifs is 1. The second-order valence-electron chi connectivity index (χ2n) is 5.76. The number of nitrogens with one attached hydrogen (secondary N) is 2. The summed E-state index contributed by atoms with van der Waals surface area (Å²) in [6, 6.07) is 11.0. The third kappa shape index (κ3) is 3.12. The number of amides is 2. The van der Waals surface area contributed by atoms with Gasteiger partial charge in [-0.1, -0.05) is 12.1 Å². The number of imidazole rings is 1. The summed E-state index contributed by atoms with van der Waals surface area (Å²) in [4.78, 5) is 30.8. The van der Waals surface area contributed by atoms with Crippen LogP contribution in [0.3, 0.4) is 0 Å². The molecule has 0 spiro atoms. The first-order chi connectivity index (χ1) is 11.4. The van der Waals surface area contributed by atoms with E-state index in [1.165, 1.54) is 0 Å². The van der Waals surface area contributed by atoms with Crippen LogP contribution in [0.2, 0.25) is 0 Å². The summed E-state index contributed by atoms with van der Waals surface area (Å²) in [6.07, 6.45) is 0.0404. The zero-order valence-electron chi connectivity index (χ0n) is 13.5. The van der Waals surface area contributed by atoms with Crippen LogP contribution in [-0.4, -0.2) is 21.8 Å². The minimum Gasteiger partial charge on any atom is -0.369 e. The number of hydrogen-bond donors (Lipinski definition) is 3. The molecule has 6 heteroatoms. The van der Waals surface area contributed by atoms with E-state index >= 15 is 0 Å². The predicted molar refractivity (Wildman–Crippen MR) is 92.9 cm³/mol. The molecule has 1 heterocycles. The number of H-pyrrole nitrogens is 1. The molecule has 2 amide bonds. The first kappa shape index (κ1) is 15.7. The SMILES string of the molecule is Cc1cccc(NC(=O)c2ccc3nc(CC(N)=O)[nH]c3c2)c1C. The molecule has 0 aliphatic rings. The van der Waals surface area contributed by atoms with Gasteiger partial charge in [0, 0.05) is 11.3 Å². The molecule has 1 aromatic heterocycles. The summed E-state index contributed by atoms with van der Waals surface area (Å²) >= 11 is 0. The van der Waals surface area contributed by atoms with Gasteiger partial charge < -0.3 is 16.0 Å². The Hall–Kier alpha value is -3.15. The van der Waals surface area contributed by atoms with Gasteiger partial charge in [-0.05, 0) is 49.2 Å². The summed E-state index contributed by atoms with van der Waals surface area (Å²) in [5, 5.41) is 2.92. The van der Waals surface area contributed by atoms with Crippen LogP contribution in [0.4, 0.5) is 5.69 Å². The molecule has 2 aromatic carbocycles. The maximum Gasteiger partial charge on any atom is 0.255 e. The van der Waals surface area contributed by atoms with E-state index in [2.05, 4.69) is 15.3 Å². The van der Waals surface area contributed by atoms with Gasteiger partial charge in [0.2, 0.25) is 5.91 Å². The third-order valence-electron chi connectivity index (χ3n) is 3.99. The second kappa shape index (κ2) is 6.16. The molecule has 0 radical (unpaired) electrons. The van der Waals surface area contributed by atoms with Gasteiger partial charge >= 0.3 is 0 Å². The molecule has 3 rings (SSSR count). The number of carbonyl (C=O) groups excluding carboxylic acids is 2. The van der Waals surface area contributed by atoms with Crippen molar-refractivity contribution < 1.29 is 9.59 Å². The fourth-order valence-corrected chi connectivity index (χ4v) is 2.53. The van der Waals surface area contributed by atoms with Crippen LogP contribution < -0.4 is 11.1 Å². The number of aryl methyl sites for hydroxylation is 1. The lowest BCUT2D eigenvalue weighted by atomic mass is 10.1. The smallest absolute Gasteiger partial charge is 0.255 e. The van der Waals surface area contributed by atoms with Crippen LogP contribution in [-0.2, 0) is 11.2 Å². The molecule has 4 N–H and O–H groups in total. The summed E-state index contributed by atoms with van der Waals surface area (Å²) in [5.41, 5.74) is 10.0. The van der Waals surface area contributed by atoms with E-state index in [0.29, 0.717) is 22.4 Å². The van der Waals surface area contributed by atoms with Crippen molar-refractivity contribution >= 4 is 28.5 Å². The summed E-state index contributed by atoms with van der Waals surface area (Å²) in [5.74, 6) is -0.164. The van der Waals surface area contributed by atoms with Gasteiger partial charge in [-0.2, -0.15) is 0 Å². The first-order valence-electron chi connectivity index (χ1n) is 7.58. The number of rotatable bonds is 4. The molecule has 6 nitrogen and oxygen atoms in total. The fraction of sp³-hybridized carbons (Fsp3) is 0.167. The fourth-order valence-electron chi connectivity index (χ4n) is 2.53. The molecule has 0 aliphatic carbocycles. The number of nitrogens with zero attached hydrogens (tertiary/aromatic N) is 1. The van der Waals surface area contributed by atoms with Crippen molar-refractivity contribution in [3.05, 3.63) is 58.9 Å². The van der Waals surface area contributed by atoms with Crippen LogP contribution >= 0.6 is 0 Å². The Bertz CT molecular complexity index is 943. The number of hydrogen-bond acceptors (Lipinski definition) is 3. The highest BCUT2D eigenvalue weighted by atomic mass is 16.2. The Morgan fingerprint density at radius 3 is 2.75 bits per heavy atom. The maximum atomic E-state index is 12.5. The Morgan fingerprint density at radius 1 is 1.21 bits per heavy atom. The van der Waals surface area contributed by atoms with Crippen molar-refractivity contribution in [1.29, 1.82) is 0 Å². The first-order valence-corrected chi connectivity index (χ1v) is 7.58. The average Bonchev–Trinajstić information content (AvgIpc) is 2.92. The maximum absolute atomic E-state index is 12.5. The van der Waals surface area contributed by atoms with Gasteiger partial charge in [0.1, 0.15) is 5.82 Å². The van der Waals surface area contributed by atoms with Crippen molar-refractivity contribution in [3.63, 3.8) is 0 Å². The van der Waals surface area contributed by atoms with Crippen LogP contribution in [0.1, 0.15) is 27.3 Å². The average molecular weight is 322 g/mol. The Kier molecular flexibility index (Phi) is 4.04. The van der Waals surface area contributed by atoms with Crippen LogP contribution in [0.5, 0.6) is 0 Å². The van der Waals surface area contributed by atoms with Crippen molar-refractivity contribution in [2.45, 2.75) is 20.3 Å². The number of carbonyl (C=O) groups is 2. The van der Waals surface area contributed by atoms with E-state index in [1.807, 2.05) is 32.0 Å². The predicted octanol–water partition coefficient (Wildman–Crippen LogP) is 2.46. The number of aromatic amines is 1. The topological polar surface area (TPSA) is 101 Å². The standard InChI is InChI=1S/C18H18N4O2/c1-10-4-3-5-13(11(10)2)22-18(24)12-6-7-14-15(8-12)21-17(20-14)9-16(19)23/h3-8H,9H2,1-2H3,(H2,19,23)(H,20,21)(H,22,24). The van der Waals surface area contributed by atoms with E-state index in [-0.39, 0.29) is 12.3 Å². The highest BCUT2D eigenvalue weighted by Crippen LogP contribution is 2.20. The van der Waals surface area contributed by atoms with Crippen molar-refractivity contribution in [1.82, 2.24) is 9.97 Å². The monoisotopic (exact) mass is 322 g/mol. The molecule has 0 fully saturated rings. The van der Waals surface area contributed by atoms with Gasteiger partial charge in [-0.25, -0.2) is 4.98 Å². The number of primary amides is 1. The normalized spacial score (nSPS) is 10.8. The Labute approximate surface area is 139 Å². The molecule has 0 aliphatic heterocycles. The van der Waals surface area contributed by atoms with Crippen LogP contribution in [0.25, 0.3) is 11.0 Å². The lowest BCUT2D eigenvalue weighted by Crippen LogP contribution is -2.14. The number of aromatic nitrogens is 2. The van der Waals surface area contributed by atoms with E-state index in [9.17, 15) is 9.59 Å². The number of nitrogens with two attached hydrogens (primary N) is 1. The number of benzene rings is 2. The molecule has 122 valence electrons. The second-order valence-corrected chi connectivity index (χ2v) is 5.76. The summed E-state index contributed by atoms with van der Waals surface area (Å²) in [7, 11) is 0. The molecular weight excluding hydrogens is 304 g/mol. The largest absolute Gasteiger partial charge is 0.369 e. The van der Waals surface area contributed by atoms with E-state index in [4.69, 9.17) is 5.73 Å². The van der Waals surface area contributed by atoms with Crippen LogP contribution in [0, 0.1) is 13.8 Å². The molecule has 24 heavy (non-hydrogen) atoms. The Morgan fingerprint density at radius 2 is 2.00 bits per heavy atom. The minimum atomic E-state index is -0.457. The Balaban J connectivity index is 1.87. The minimum absolute atomic E-state index is 0.0404. The zero-order valence-corrected chi connectivity index (χ0v) is 13.5. The zero-order chi connectivity index (χ0) is 17.3. The van der Waals surface area contributed by atoms with Gasteiger partial charge in [0.05, 0.1) is 17.5 Å². The quantitative estimate of drug-likeness (QED) is 0.687. The molecule has 0 unspecified atom stereocenters. The lowest BCUT2D eigenvalue weighted by Gasteiger charge is -2.10. The summed E-state index contributed by atoms with van der Waals surface area (Å²) < 4.78 is 0. The lowest BCUT2D eigenvalue weighted by molar-refractivity contribution is -0.117. The van der Waals surface area contributed by atoms with Gasteiger partial charge in [-0.3, -0.25) is 9.59 Å². The van der Waals surface area contributed by atoms with Gasteiger partial charge in [0.25, 0.3) is 5.91 Å². The summed E-state index contributed by atoms with van der Waals surface area (Å²) in [6.45, 7) is 3.97. The molecule has 0 bridgehead atoms. The molecule has 0 atom stereocenters. The molecule has 3 aromatic rings. The van der Waals surface area contributed by atoms with Crippen molar-refractivity contribution in [2.24, 2.45) is 5.73 Å². The van der Waals surface area contributed by atoms with E-state index in [0.717, 1.165) is 16.8 Å². The van der Waals surface area contributed by atoms with E-state index in [1.54, 1.807) is 18.2 Å². The van der Waals surface area contributed by atoms with Gasteiger partial charge in [-0.15, -0.1) is 0 Å². The highest BCUT2D eigenvalue weighted by Gasteiger charge is 2.11. The van der Waals surface area contributed by atoms with E-state index < -0.39 is 5.91 Å². The third-order valence-corrected chi connectivity index (χ3v) is 3.99. The van der Waals surface area contributed by atoms with Crippen molar-refractivity contribution in [3.8, 4) is 0 Å². The molecule has 0 saturated carbocycles. The number of anilines is 1. The molecular formula is C18H18N4O2. The van der Waals surface area contributed by atoms with Crippen LogP contribution in [0.15, 0.2) is 36.4 Å². The highest BCUT2D eigenvalue weighted by molar-refractivity contribution is 6.06.